The van der Waals surface area contributed by atoms with Crippen LogP contribution < -0.4 is 10.6 Å². The summed E-state index contributed by atoms with van der Waals surface area (Å²) in [5.74, 6) is -1.02. The van der Waals surface area contributed by atoms with E-state index in [0.29, 0.717) is 10.9 Å². The van der Waals surface area contributed by atoms with Crippen LogP contribution in [-0.2, 0) is 12.7 Å². The molecule has 3 rings (SSSR count). The van der Waals surface area contributed by atoms with Crippen LogP contribution in [0.5, 0.6) is 0 Å². The van der Waals surface area contributed by atoms with E-state index < -0.39 is 23.8 Å². The number of aromatic nitrogens is 3. The molecule has 0 aliphatic rings. The second-order valence-electron chi connectivity index (χ2n) is 5.86. The molecule has 154 valence electrons. The van der Waals surface area contributed by atoms with Crippen molar-refractivity contribution in [2.24, 2.45) is 0 Å². The van der Waals surface area contributed by atoms with Gasteiger partial charge in [0.05, 0.1) is 23.7 Å². The van der Waals surface area contributed by atoms with Gasteiger partial charge < -0.3 is 15.7 Å². The minimum atomic E-state index is -4.69. The lowest BCUT2D eigenvalue weighted by Crippen LogP contribution is -2.11. The van der Waals surface area contributed by atoms with Gasteiger partial charge in [-0.3, -0.25) is 4.98 Å². The standard InChI is InChI=1S/C17H14ClF4N5OS/c1-23-6-12-14(8-2-9(17(20,21)22)4-10(19)3-8)26-16(29-12)27-15(28)11-5-25-13(18)7-24-11/h2-5,7,15,23,28H,6H2,1H3,(H,26,27). The summed E-state index contributed by atoms with van der Waals surface area (Å²) in [5.41, 5.74) is -0.785. The molecular formula is C17H14ClF4N5OS. The van der Waals surface area contributed by atoms with Crippen molar-refractivity contribution in [1.29, 1.82) is 0 Å². The van der Waals surface area contributed by atoms with E-state index in [4.69, 9.17) is 11.6 Å². The third kappa shape index (κ3) is 5.18. The predicted octanol–water partition coefficient (Wildman–Crippen LogP) is 4.23. The maximum Gasteiger partial charge on any atom is 0.416 e. The van der Waals surface area contributed by atoms with E-state index in [9.17, 15) is 22.7 Å². The van der Waals surface area contributed by atoms with E-state index in [1.807, 2.05) is 0 Å². The Hall–Kier alpha value is -2.34. The lowest BCUT2D eigenvalue weighted by atomic mass is 10.1. The number of nitrogens with one attached hydrogen (secondary N) is 2. The van der Waals surface area contributed by atoms with Crippen molar-refractivity contribution in [1.82, 2.24) is 20.3 Å². The van der Waals surface area contributed by atoms with Crippen LogP contribution >= 0.6 is 22.9 Å². The first-order valence-electron chi connectivity index (χ1n) is 8.12. The number of anilines is 1. The molecule has 0 saturated heterocycles. The molecule has 0 amide bonds. The molecule has 3 aromatic rings. The van der Waals surface area contributed by atoms with Crippen LogP contribution in [0.4, 0.5) is 22.7 Å². The van der Waals surface area contributed by atoms with E-state index in [-0.39, 0.29) is 33.8 Å². The number of alkyl halides is 3. The lowest BCUT2D eigenvalue weighted by molar-refractivity contribution is -0.137. The Bertz CT molecular complexity index is 996. The van der Waals surface area contributed by atoms with Gasteiger partial charge in [-0.1, -0.05) is 11.6 Å². The number of hydrogen-bond acceptors (Lipinski definition) is 7. The molecule has 0 fully saturated rings. The summed E-state index contributed by atoms with van der Waals surface area (Å²) in [6.07, 6.45) is -3.45. The molecule has 0 aliphatic heterocycles. The highest BCUT2D eigenvalue weighted by atomic mass is 35.5. The van der Waals surface area contributed by atoms with Crippen molar-refractivity contribution in [3.05, 3.63) is 57.7 Å². The zero-order chi connectivity index (χ0) is 21.2. The maximum atomic E-state index is 13.8. The molecule has 0 bridgehead atoms. The van der Waals surface area contributed by atoms with Crippen LogP contribution in [-0.4, -0.2) is 27.1 Å². The van der Waals surface area contributed by atoms with Crippen molar-refractivity contribution in [2.75, 3.05) is 12.4 Å². The first-order valence-corrected chi connectivity index (χ1v) is 9.31. The molecule has 2 aromatic heterocycles. The Morgan fingerprint density at radius 3 is 2.59 bits per heavy atom. The van der Waals surface area contributed by atoms with E-state index in [2.05, 4.69) is 25.6 Å². The van der Waals surface area contributed by atoms with Crippen LogP contribution in [0, 0.1) is 5.82 Å². The average Bonchev–Trinajstić information content (AvgIpc) is 3.03. The summed E-state index contributed by atoms with van der Waals surface area (Å²) < 4.78 is 52.9. The Morgan fingerprint density at radius 1 is 1.21 bits per heavy atom. The SMILES string of the molecule is CNCc1sc(NC(O)c2cnc(Cl)cn2)nc1-c1cc(F)cc(C(F)(F)F)c1. The maximum absolute atomic E-state index is 13.8. The number of aliphatic hydroxyl groups is 1. The molecule has 12 heteroatoms. The van der Waals surface area contributed by atoms with E-state index in [1.165, 1.54) is 12.4 Å². The van der Waals surface area contributed by atoms with Crippen LogP contribution in [0.1, 0.15) is 22.4 Å². The van der Waals surface area contributed by atoms with E-state index in [0.717, 1.165) is 23.5 Å². The fourth-order valence-electron chi connectivity index (χ4n) is 2.46. The van der Waals surface area contributed by atoms with E-state index >= 15 is 0 Å². The molecule has 0 saturated carbocycles. The molecule has 6 nitrogen and oxygen atoms in total. The summed E-state index contributed by atoms with van der Waals surface area (Å²) >= 11 is 6.76. The number of thiazole rings is 1. The largest absolute Gasteiger partial charge is 0.416 e. The number of rotatable bonds is 6. The molecule has 0 radical (unpaired) electrons. The van der Waals surface area contributed by atoms with E-state index in [1.54, 1.807) is 7.05 Å². The Labute approximate surface area is 171 Å². The summed E-state index contributed by atoms with van der Waals surface area (Å²) in [4.78, 5) is 12.5. The monoisotopic (exact) mass is 447 g/mol. The van der Waals surface area contributed by atoms with Gasteiger partial charge in [-0.25, -0.2) is 14.4 Å². The van der Waals surface area contributed by atoms with Gasteiger partial charge in [0.2, 0.25) is 0 Å². The summed E-state index contributed by atoms with van der Waals surface area (Å²) in [6.45, 7) is 0.281. The molecule has 2 heterocycles. The highest BCUT2D eigenvalue weighted by Gasteiger charge is 2.32. The van der Waals surface area contributed by atoms with Crippen LogP contribution in [0.3, 0.4) is 0 Å². The van der Waals surface area contributed by atoms with Crippen molar-refractivity contribution >= 4 is 28.1 Å². The summed E-state index contributed by atoms with van der Waals surface area (Å²) in [7, 11) is 1.65. The quantitative estimate of drug-likeness (QED) is 0.387. The summed E-state index contributed by atoms with van der Waals surface area (Å²) in [5, 5.41) is 16.2. The van der Waals surface area contributed by atoms with Crippen LogP contribution in [0.15, 0.2) is 30.6 Å². The predicted molar refractivity (Wildman–Crippen MR) is 101 cm³/mol. The van der Waals surface area contributed by atoms with Crippen LogP contribution in [0.25, 0.3) is 11.3 Å². The molecule has 0 aliphatic carbocycles. The molecule has 0 spiro atoms. The number of halogens is 5. The fourth-order valence-corrected chi connectivity index (χ4v) is 3.58. The molecule has 1 atom stereocenters. The van der Waals surface area contributed by atoms with Gasteiger partial charge in [-0.2, -0.15) is 13.2 Å². The number of nitrogens with zero attached hydrogens (tertiary/aromatic N) is 3. The molecule has 3 N–H and O–H groups in total. The van der Waals surface area contributed by atoms with Gasteiger partial charge in [0.25, 0.3) is 0 Å². The molecule has 1 aromatic carbocycles. The highest BCUT2D eigenvalue weighted by molar-refractivity contribution is 7.16. The topological polar surface area (TPSA) is 83.0 Å². The third-order valence-corrected chi connectivity index (χ3v) is 4.90. The molecular weight excluding hydrogens is 434 g/mol. The van der Waals surface area contributed by atoms with Gasteiger partial charge >= 0.3 is 6.18 Å². The zero-order valence-corrected chi connectivity index (χ0v) is 16.3. The Balaban J connectivity index is 1.95. The van der Waals surface area contributed by atoms with Crippen molar-refractivity contribution in [2.45, 2.75) is 18.9 Å². The molecule has 29 heavy (non-hydrogen) atoms. The Kier molecular flexibility index (Phi) is 6.32. The second kappa shape index (κ2) is 8.57. The minimum Gasteiger partial charge on any atom is -0.368 e. The molecule has 1 unspecified atom stereocenters. The van der Waals surface area contributed by atoms with Crippen molar-refractivity contribution in [3.8, 4) is 11.3 Å². The van der Waals surface area contributed by atoms with Gasteiger partial charge in [-0.15, -0.1) is 11.3 Å². The smallest absolute Gasteiger partial charge is 0.368 e. The van der Waals surface area contributed by atoms with Crippen molar-refractivity contribution in [3.63, 3.8) is 0 Å². The number of aliphatic hydroxyl groups excluding tert-OH is 1. The number of hydrogen-bond donors (Lipinski definition) is 3. The summed E-state index contributed by atoms with van der Waals surface area (Å²) in [6, 6.07) is 2.24. The van der Waals surface area contributed by atoms with Gasteiger partial charge in [0.15, 0.2) is 11.4 Å². The fraction of sp³-hybridized carbons (Fsp3) is 0.235. The normalized spacial score (nSPS) is 12.8. The van der Waals surface area contributed by atoms with Gasteiger partial charge in [0.1, 0.15) is 16.7 Å². The first kappa shape index (κ1) is 21.4. The third-order valence-electron chi connectivity index (χ3n) is 3.71. The minimum absolute atomic E-state index is 0.0207. The number of benzene rings is 1. The van der Waals surface area contributed by atoms with Gasteiger partial charge in [0, 0.05) is 17.0 Å². The second-order valence-corrected chi connectivity index (χ2v) is 7.33. The first-order chi connectivity index (χ1) is 13.7. The lowest BCUT2D eigenvalue weighted by Gasteiger charge is -2.10. The average molecular weight is 448 g/mol. The van der Waals surface area contributed by atoms with Gasteiger partial charge in [-0.05, 0) is 25.2 Å². The van der Waals surface area contributed by atoms with Crippen molar-refractivity contribution < 1.29 is 22.7 Å². The Morgan fingerprint density at radius 2 is 1.97 bits per heavy atom. The zero-order valence-electron chi connectivity index (χ0n) is 14.8. The highest BCUT2D eigenvalue weighted by Crippen LogP contribution is 2.37. The van der Waals surface area contributed by atoms with Crippen LogP contribution in [0.2, 0.25) is 5.15 Å².